The predicted molar refractivity (Wildman–Crippen MR) is 140 cm³/mol. The molecule has 0 spiro atoms. The summed E-state index contributed by atoms with van der Waals surface area (Å²) in [6.07, 6.45) is 7.94. The Labute approximate surface area is 213 Å². The van der Waals surface area contributed by atoms with E-state index >= 15 is 0 Å². The van der Waals surface area contributed by atoms with E-state index in [1.54, 1.807) is 36.4 Å². The average molecular weight is 502 g/mol. The van der Waals surface area contributed by atoms with Gasteiger partial charge in [0.1, 0.15) is 6.54 Å². The highest BCUT2D eigenvalue weighted by Gasteiger charge is 2.36. The van der Waals surface area contributed by atoms with Crippen LogP contribution in [0.5, 0.6) is 0 Å². The van der Waals surface area contributed by atoms with E-state index in [2.05, 4.69) is 0 Å². The van der Waals surface area contributed by atoms with Crippen molar-refractivity contribution in [2.24, 2.45) is 0 Å². The Kier molecular flexibility index (Phi) is 7.04. The molecule has 1 aromatic heterocycles. The van der Waals surface area contributed by atoms with Crippen LogP contribution < -0.4 is 0 Å². The Morgan fingerprint density at radius 2 is 1.56 bits per heavy atom. The van der Waals surface area contributed by atoms with Crippen molar-refractivity contribution in [1.29, 1.82) is 0 Å². The molecule has 0 N–H and O–H groups in total. The van der Waals surface area contributed by atoms with Crippen molar-refractivity contribution >= 4 is 51.6 Å². The third-order valence-electron chi connectivity index (χ3n) is 6.64. The molecule has 8 heteroatoms. The topological polar surface area (TPSA) is 79.7 Å². The van der Waals surface area contributed by atoms with Crippen LogP contribution in [-0.2, 0) is 16.1 Å². The van der Waals surface area contributed by atoms with Crippen LogP contribution in [0.15, 0.2) is 65.7 Å². The summed E-state index contributed by atoms with van der Waals surface area (Å²) in [4.78, 5) is 54.4. The quantitative estimate of drug-likeness (QED) is 0.352. The van der Waals surface area contributed by atoms with E-state index in [9.17, 15) is 19.2 Å². The number of carbonyl (C=O) groups excluding carboxylic acids is 4. The van der Waals surface area contributed by atoms with E-state index in [4.69, 9.17) is 0 Å². The van der Waals surface area contributed by atoms with Gasteiger partial charge in [-0.05, 0) is 36.7 Å². The number of carbonyl (C=O) groups is 4. The molecule has 2 aliphatic rings. The highest BCUT2D eigenvalue weighted by molar-refractivity contribution is 8.18. The third-order valence-corrected chi connectivity index (χ3v) is 7.55. The third kappa shape index (κ3) is 4.99. The molecule has 3 heterocycles. The maximum absolute atomic E-state index is 13.0. The average Bonchev–Trinajstić information content (AvgIpc) is 3.20. The molecular weight excluding hydrogens is 474 g/mol. The maximum atomic E-state index is 13.0. The molecule has 2 fully saturated rings. The van der Waals surface area contributed by atoms with Crippen LogP contribution in [0.25, 0.3) is 17.0 Å². The number of benzene rings is 2. The normalized spacial score (nSPS) is 17.7. The zero-order valence-corrected chi connectivity index (χ0v) is 20.7. The number of rotatable bonds is 6. The number of nitrogens with zero attached hydrogens (tertiary/aromatic N) is 3. The summed E-state index contributed by atoms with van der Waals surface area (Å²) in [7, 11) is 0. The molecule has 3 amide bonds. The van der Waals surface area contributed by atoms with E-state index in [-0.39, 0.29) is 29.7 Å². The van der Waals surface area contributed by atoms with Crippen LogP contribution in [0, 0.1) is 0 Å². The van der Waals surface area contributed by atoms with Crippen molar-refractivity contribution in [2.45, 2.75) is 32.2 Å². The minimum atomic E-state index is -0.480. The van der Waals surface area contributed by atoms with Crippen LogP contribution in [0.2, 0.25) is 0 Å². The van der Waals surface area contributed by atoms with Crippen molar-refractivity contribution in [2.75, 3.05) is 19.6 Å². The first kappa shape index (κ1) is 24.1. The van der Waals surface area contributed by atoms with Gasteiger partial charge in [-0.25, -0.2) is 0 Å². The van der Waals surface area contributed by atoms with Crippen LogP contribution in [0.3, 0.4) is 0 Å². The van der Waals surface area contributed by atoms with Gasteiger partial charge in [0, 0.05) is 41.3 Å². The van der Waals surface area contributed by atoms with Crippen molar-refractivity contribution in [1.82, 2.24) is 14.4 Å². The molecule has 36 heavy (non-hydrogen) atoms. The number of thioether (sulfide) groups is 1. The Morgan fingerprint density at radius 3 is 2.31 bits per heavy atom. The fourth-order valence-corrected chi connectivity index (χ4v) is 5.55. The number of amides is 3. The number of Topliss-reactive ketones (excluding diaryl/α,β-unsaturated/α-hetero) is 1. The highest BCUT2D eigenvalue weighted by atomic mass is 32.2. The number of imide groups is 1. The molecule has 0 saturated carbocycles. The number of aromatic nitrogens is 1. The molecule has 3 aromatic rings. The predicted octanol–water partition coefficient (Wildman–Crippen LogP) is 4.96. The molecule has 5 rings (SSSR count). The summed E-state index contributed by atoms with van der Waals surface area (Å²) in [5.74, 6) is -0.682. The first-order valence-corrected chi connectivity index (χ1v) is 13.0. The Bertz CT molecular complexity index is 1350. The smallest absolute Gasteiger partial charge is 0.293 e. The van der Waals surface area contributed by atoms with Crippen molar-refractivity contribution in [3.05, 3.63) is 76.8 Å². The van der Waals surface area contributed by atoms with E-state index in [0.717, 1.165) is 71.9 Å². The van der Waals surface area contributed by atoms with E-state index in [1.807, 2.05) is 39.9 Å². The molecule has 184 valence electrons. The van der Waals surface area contributed by atoms with Crippen molar-refractivity contribution in [3.63, 3.8) is 0 Å². The van der Waals surface area contributed by atoms with Crippen molar-refractivity contribution < 1.29 is 19.2 Å². The van der Waals surface area contributed by atoms with Gasteiger partial charge in [0.05, 0.1) is 11.4 Å². The highest BCUT2D eigenvalue weighted by Crippen LogP contribution is 2.34. The van der Waals surface area contributed by atoms with E-state index in [1.165, 1.54) is 0 Å². The molecule has 0 atom stereocenters. The van der Waals surface area contributed by atoms with Crippen LogP contribution >= 0.6 is 11.8 Å². The van der Waals surface area contributed by atoms with Gasteiger partial charge in [0.25, 0.3) is 11.1 Å². The fourth-order valence-electron chi connectivity index (χ4n) is 4.72. The second-order valence-corrected chi connectivity index (χ2v) is 10.1. The summed E-state index contributed by atoms with van der Waals surface area (Å²) in [6.45, 7) is 1.51. The van der Waals surface area contributed by atoms with Gasteiger partial charge in [-0.15, -0.1) is 0 Å². The second-order valence-electron chi connectivity index (χ2n) is 9.08. The molecule has 2 aromatic carbocycles. The molecule has 2 saturated heterocycles. The fraction of sp³-hybridized carbons (Fsp3) is 0.286. The molecule has 0 unspecified atom stereocenters. The lowest BCUT2D eigenvalue weighted by molar-refractivity contribution is -0.131. The molecule has 7 nitrogen and oxygen atoms in total. The van der Waals surface area contributed by atoms with Crippen molar-refractivity contribution in [3.8, 4) is 0 Å². The lowest BCUT2D eigenvalue weighted by atomic mass is 10.1. The summed E-state index contributed by atoms with van der Waals surface area (Å²) in [6, 6.07) is 16.3. The van der Waals surface area contributed by atoms with Gasteiger partial charge >= 0.3 is 0 Å². The van der Waals surface area contributed by atoms with Gasteiger partial charge < -0.3 is 9.47 Å². The lowest BCUT2D eigenvalue weighted by Gasteiger charge is -2.20. The zero-order chi connectivity index (χ0) is 25.1. The Balaban J connectivity index is 1.38. The number of hydrogen-bond acceptors (Lipinski definition) is 5. The van der Waals surface area contributed by atoms with Crippen LogP contribution in [0.1, 0.15) is 41.6 Å². The first-order valence-electron chi connectivity index (χ1n) is 12.2. The summed E-state index contributed by atoms with van der Waals surface area (Å²) in [5, 5.41) is 0.434. The van der Waals surface area contributed by atoms with Crippen LogP contribution in [0.4, 0.5) is 4.79 Å². The maximum Gasteiger partial charge on any atom is 0.293 e. The van der Waals surface area contributed by atoms with Gasteiger partial charge in [-0.3, -0.25) is 24.1 Å². The summed E-state index contributed by atoms with van der Waals surface area (Å²) >= 11 is 0.832. The molecule has 0 radical (unpaired) electrons. The Hall–Kier alpha value is -3.65. The molecule has 0 bridgehead atoms. The zero-order valence-electron chi connectivity index (χ0n) is 19.9. The SMILES string of the molecule is O=C(CN1C(=O)S/C(=C\c2cn(CC(=O)N3CCCCCC3)c3ccccc23)C1=O)c1ccccc1. The van der Waals surface area contributed by atoms with Gasteiger partial charge in [0.2, 0.25) is 5.91 Å². The lowest BCUT2D eigenvalue weighted by Crippen LogP contribution is -2.34. The molecule has 0 aliphatic carbocycles. The number of ketones is 1. The standard InChI is InChI=1S/C28H27N3O4S/c32-24(20-10-4-3-5-11-20)18-31-27(34)25(36-28(31)35)16-21-17-30(23-13-7-6-12-22(21)23)19-26(33)29-14-8-1-2-9-15-29/h3-7,10-13,16-17H,1-2,8-9,14-15,18-19H2/b25-16-. The number of hydrogen-bond donors (Lipinski definition) is 0. The van der Waals surface area contributed by atoms with E-state index < -0.39 is 11.1 Å². The number of fused-ring (bicyclic) bond motifs is 1. The molecule has 2 aliphatic heterocycles. The van der Waals surface area contributed by atoms with E-state index in [0.29, 0.717) is 5.56 Å². The van der Waals surface area contributed by atoms with Crippen LogP contribution in [-0.4, -0.2) is 56.8 Å². The molecular formula is C28H27N3O4S. The Morgan fingerprint density at radius 1 is 0.861 bits per heavy atom. The monoisotopic (exact) mass is 501 g/mol. The first-order chi connectivity index (χ1) is 17.5. The summed E-state index contributed by atoms with van der Waals surface area (Å²) in [5.41, 5.74) is 2.11. The second kappa shape index (κ2) is 10.5. The van der Waals surface area contributed by atoms with Gasteiger partial charge in [-0.2, -0.15) is 0 Å². The minimum absolute atomic E-state index is 0.0870. The largest absolute Gasteiger partial charge is 0.341 e. The number of para-hydroxylation sites is 1. The van der Waals surface area contributed by atoms with Gasteiger partial charge in [0.15, 0.2) is 5.78 Å². The minimum Gasteiger partial charge on any atom is -0.341 e. The summed E-state index contributed by atoms with van der Waals surface area (Å²) < 4.78 is 1.91. The van der Waals surface area contributed by atoms with Gasteiger partial charge in [-0.1, -0.05) is 61.4 Å². The number of likely N-dealkylation sites (tertiary alicyclic amines) is 1.